The Balaban J connectivity index is 1.99. The van der Waals surface area contributed by atoms with E-state index in [-0.39, 0.29) is 5.82 Å². The molecule has 0 unspecified atom stereocenters. The van der Waals surface area contributed by atoms with Crippen molar-refractivity contribution in [3.63, 3.8) is 0 Å². The van der Waals surface area contributed by atoms with Crippen molar-refractivity contribution in [1.82, 2.24) is 14.5 Å². The second-order valence-electron chi connectivity index (χ2n) is 5.85. The lowest BCUT2D eigenvalue weighted by molar-refractivity contribution is 0.627. The van der Waals surface area contributed by atoms with Gasteiger partial charge >= 0.3 is 0 Å². The summed E-state index contributed by atoms with van der Waals surface area (Å²) in [4.78, 5) is 8.90. The van der Waals surface area contributed by atoms with E-state index in [0.29, 0.717) is 6.54 Å². The Morgan fingerprint density at radius 1 is 1.04 bits per heavy atom. The van der Waals surface area contributed by atoms with Crippen LogP contribution in [0.5, 0.6) is 0 Å². The van der Waals surface area contributed by atoms with Crippen molar-refractivity contribution in [3.8, 4) is 16.8 Å². The first-order chi connectivity index (χ1) is 12.8. The third-order valence-corrected chi connectivity index (χ3v) is 4.19. The lowest BCUT2D eigenvalue weighted by Crippen LogP contribution is -2.02. The number of nitrogens with zero attached hydrogens (tertiary/aromatic N) is 3. The molecular weight excluding hydrogens is 327 g/mol. The number of hydrogen-bond acceptors (Lipinski definition) is 3. The van der Waals surface area contributed by atoms with E-state index in [1.165, 1.54) is 18.5 Å². The standard InChI is InChI=1S/C21H17FN4/c1-2-12-23-20-19-18(15-6-4-3-5-7-15)13-26(21(19)25-14-24-20)17-10-8-16(22)9-11-17/h2-11,13-14H,1,12H2,(H,23,24,25). The Morgan fingerprint density at radius 2 is 1.81 bits per heavy atom. The molecule has 4 rings (SSSR count). The molecule has 2 heterocycles. The van der Waals surface area contributed by atoms with E-state index in [9.17, 15) is 4.39 Å². The van der Waals surface area contributed by atoms with Crippen LogP contribution in [-0.2, 0) is 0 Å². The fraction of sp³-hybridized carbons (Fsp3) is 0.0476. The molecule has 0 aliphatic carbocycles. The predicted molar refractivity (Wildman–Crippen MR) is 103 cm³/mol. The van der Waals surface area contributed by atoms with Gasteiger partial charge in [-0.25, -0.2) is 14.4 Å². The molecule has 0 aliphatic heterocycles. The van der Waals surface area contributed by atoms with E-state index >= 15 is 0 Å². The SMILES string of the molecule is C=CCNc1ncnc2c1c(-c1ccccc1)cn2-c1ccc(F)cc1. The quantitative estimate of drug-likeness (QED) is 0.528. The molecule has 0 atom stereocenters. The van der Waals surface area contributed by atoms with E-state index in [2.05, 4.69) is 21.9 Å². The fourth-order valence-corrected chi connectivity index (χ4v) is 3.00. The highest BCUT2D eigenvalue weighted by Crippen LogP contribution is 2.35. The zero-order chi connectivity index (χ0) is 17.9. The van der Waals surface area contributed by atoms with Crippen molar-refractivity contribution >= 4 is 16.9 Å². The maximum Gasteiger partial charge on any atom is 0.150 e. The molecule has 5 heteroatoms. The zero-order valence-corrected chi connectivity index (χ0v) is 14.1. The summed E-state index contributed by atoms with van der Waals surface area (Å²) in [6.07, 6.45) is 5.33. The third kappa shape index (κ3) is 2.84. The van der Waals surface area contributed by atoms with Gasteiger partial charge in [-0.1, -0.05) is 36.4 Å². The highest BCUT2D eigenvalue weighted by atomic mass is 19.1. The molecule has 0 amide bonds. The van der Waals surface area contributed by atoms with E-state index in [1.807, 2.05) is 41.1 Å². The van der Waals surface area contributed by atoms with Crippen molar-refractivity contribution in [2.45, 2.75) is 0 Å². The summed E-state index contributed by atoms with van der Waals surface area (Å²) in [5.41, 5.74) is 3.68. The van der Waals surface area contributed by atoms with Gasteiger partial charge < -0.3 is 9.88 Å². The van der Waals surface area contributed by atoms with Gasteiger partial charge in [0.2, 0.25) is 0 Å². The second kappa shape index (κ2) is 6.80. The van der Waals surface area contributed by atoms with Gasteiger partial charge in [0.25, 0.3) is 0 Å². The van der Waals surface area contributed by atoms with E-state index in [4.69, 9.17) is 0 Å². The predicted octanol–water partition coefficient (Wildman–Crippen LogP) is 4.82. The van der Waals surface area contributed by atoms with Crippen LogP contribution in [0, 0.1) is 5.82 Å². The van der Waals surface area contributed by atoms with Crippen LogP contribution in [0.3, 0.4) is 0 Å². The number of anilines is 1. The summed E-state index contributed by atoms with van der Waals surface area (Å²) >= 11 is 0. The number of benzene rings is 2. The van der Waals surface area contributed by atoms with Gasteiger partial charge in [-0.3, -0.25) is 0 Å². The maximum atomic E-state index is 13.3. The summed E-state index contributed by atoms with van der Waals surface area (Å²) in [6.45, 7) is 4.35. The Kier molecular flexibility index (Phi) is 4.19. The molecule has 0 saturated heterocycles. The minimum Gasteiger partial charge on any atom is -0.366 e. The molecule has 0 saturated carbocycles. The number of aromatic nitrogens is 3. The molecule has 1 N–H and O–H groups in total. The van der Waals surface area contributed by atoms with Crippen molar-refractivity contribution in [2.24, 2.45) is 0 Å². The lowest BCUT2D eigenvalue weighted by atomic mass is 10.1. The van der Waals surface area contributed by atoms with Crippen LogP contribution in [0.25, 0.3) is 27.8 Å². The Bertz CT molecular complexity index is 1050. The summed E-state index contributed by atoms with van der Waals surface area (Å²) in [7, 11) is 0. The van der Waals surface area contributed by atoms with E-state index < -0.39 is 0 Å². The average molecular weight is 344 g/mol. The monoisotopic (exact) mass is 344 g/mol. The van der Waals surface area contributed by atoms with Crippen LogP contribution in [0.1, 0.15) is 0 Å². The largest absolute Gasteiger partial charge is 0.366 e. The Morgan fingerprint density at radius 3 is 2.54 bits per heavy atom. The molecule has 2 aromatic carbocycles. The molecule has 0 spiro atoms. The highest BCUT2D eigenvalue weighted by molar-refractivity contribution is 6.02. The molecule has 0 aliphatic rings. The van der Waals surface area contributed by atoms with Crippen LogP contribution in [-0.4, -0.2) is 21.1 Å². The molecule has 26 heavy (non-hydrogen) atoms. The molecule has 4 nitrogen and oxygen atoms in total. The number of hydrogen-bond donors (Lipinski definition) is 1. The van der Waals surface area contributed by atoms with E-state index in [0.717, 1.165) is 33.7 Å². The number of fused-ring (bicyclic) bond motifs is 1. The Labute approximate surface area is 150 Å². The number of nitrogens with one attached hydrogen (secondary N) is 1. The smallest absolute Gasteiger partial charge is 0.150 e. The fourth-order valence-electron chi connectivity index (χ4n) is 3.00. The van der Waals surface area contributed by atoms with Gasteiger partial charge in [-0.15, -0.1) is 6.58 Å². The number of rotatable bonds is 5. The molecule has 4 aromatic rings. The first-order valence-electron chi connectivity index (χ1n) is 8.30. The summed E-state index contributed by atoms with van der Waals surface area (Å²) in [5.74, 6) is 0.478. The van der Waals surface area contributed by atoms with Crippen molar-refractivity contribution < 1.29 is 4.39 Å². The maximum absolute atomic E-state index is 13.3. The molecule has 128 valence electrons. The molecule has 0 bridgehead atoms. The zero-order valence-electron chi connectivity index (χ0n) is 14.1. The molecule has 0 radical (unpaired) electrons. The Hall–Kier alpha value is -3.47. The average Bonchev–Trinajstić information content (AvgIpc) is 3.08. The first-order valence-corrected chi connectivity index (χ1v) is 8.30. The minimum absolute atomic E-state index is 0.267. The lowest BCUT2D eigenvalue weighted by Gasteiger charge is -2.07. The summed E-state index contributed by atoms with van der Waals surface area (Å²) in [6, 6.07) is 16.4. The highest BCUT2D eigenvalue weighted by Gasteiger charge is 2.17. The first kappa shape index (κ1) is 16.0. The van der Waals surface area contributed by atoms with Crippen LogP contribution >= 0.6 is 0 Å². The van der Waals surface area contributed by atoms with Gasteiger partial charge in [-0.2, -0.15) is 0 Å². The second-order valence-corrected chi connectivity index (χ2v) is 5.85. The topological polar surface area (TPSA) is 42.7 Å². The van der Waals surface area contributed by atoms with Gasteiger partial charge in [0.1, 0.15) is 18.0 Å². The van der Waals surface area contributed by atoms with Gasteiger partial charge in [0, 0.05) is 24.0 Å². The van der Waals surface area contributed by atoms with Gasteiger partial charge in [0.05, 0.1) is 5.39 Å². The van der Waals surface area contributed by atoms with Crippen LogP contribution < -0.4 is 5.32 Å². The number of halogens is 1. The minimum atomic E-state index is -0.267. The summed E-state index contributed by atoms with van der Waals surface area (Å²) in [5, 5.41) is 4.20. The molecule has 0 fully saturated rings. The van der Waals surface area contributed by atoms with Gasteiger partial charge in [-0.05, 0) is 29.8 Å². The molecule has 2 aromatic heterocycles. The summed E-state index contributed by atoms with van der Waals surface area (Å²) < 4.78 is 15.3. The van der Waals surface area contributed by atoms with Crippen LogP contribution in [0.2, 0.25) is 0 Å². The van der Waals surface area contributed by atoms with Crippen molar-refractivity contribution in [1.29, 1.82) is 0 Å². The third-order valence-electron chi connectivity index (χ3n) is 4.19. The van der Waals surface area contributed by atoms with Crippen LogP contribution in [0.4, 0.5) is 10.2 Å². The van der Waals surface area contributed by atoms with Gasteiger partial charge in [0.15, 0.2) is 5.65 Å². The molecular formula is C21H17FN4. The van der Waals surface area contributed by atoms with E-state index in [1.54, 1.807) is 18.2 Å². The normalized spacial score (nSPS) is 10.8. The van der Waals surface area contributed by atoms with Crippen molar-refractivity contribution in [2.75, 3.05) is 11.9 Å². The van der Waals surface area contributed by atoms with Crippen LogP contribution in [0.15, 0.2) is 79.8 Å². The van der Waals surface area contributed by atoms with Crippen molar-refractivity contribution in [3.05, 3.63) is 85.6 Å².